The summed E-state index contributed by atoms with van der Waals surface area (Å²) in [6, 6.07) is 0.172. The molecule has 1 heterocycles. The highest BCUT2D eigenvalue weighted by Gasteiger charge is 2.34. The van der Waals surface area contributed by atoms with Crippen LogP contribution in [0.5, 0.6) is 0 Å². The van der Waals surface area contributed by atoms with E-state index in [2.05, 4.69) is 5.32 Å². The van der Waals surface area contributed by atoms with E-state index in [1.54, 1.807) is 12.0 Å². The second-order valence-corrected chi connectivity index (χ2v) is 4.55. The standard InChI is InChI=1S/C12H22N2O3/c1-4-9(2)13-12(16)10-7-11(15)14(8-10)5-6-17-3/h9-10H,4-8H2,1-3H3,(H,13,16)/t9-,10-/m1/s1. The molecule has 17 heavy (non-hydrogen) atoms. The predicted octanol–water partition coefficient (Wildman–Crippen LogP) is 0.396. The van der Waals surface area contributed by atoms with E-state index in [0.717, 1.165) is 6.42 Å². The Morgan fingerprint density at radius 2 is 2.35 bits per heavy atom. The van der Waals surface area contributed by atoms with Gasteiger partial charge in [-0.05, 0) is 13.3 Å². The number of nitrogens with one attached hydrogen (secondary N) is 1. The smallest absolute Gasteiger partial charge is 0.225 e. The maximum absolute atomic E-state index is 11.9. The predicted molar refractivity (Wildman–Crippen MR) is 64.5 cm³/mol. The number of ether oxygens (including phenoxy) is 1. The van der Waals surface area contributed by atoms with Gasteiger partial charge in [0.05, 0.1) is 12.5 Å². The highest BCUT2D eigenvalue weighted by atomic mass is 16.5. The van der Waals surface area contributed by atoms with E-state index >= 15 is 0 Å². The van der Waals surface area contributed by atoms with Crippen molar-refractivity contribution in [2.75, 3.05) is 26.8 Å². The summed E-state index contributed by atoms with van der Waals surface area (Å²) in [5.74, 6) is -0.160. The van der Waals surface area contributed by atoms with Crippen LogP contribution in [0.4, 0.5) is 0 Å². The molecule has 1 aliphatic heterocycles. The molecule has 1 saturated heterocycles. The summed E-state index contributed by atoms with van der Waals surface area (Å²) in [5, 5.41) is 2.92. The van der Waals surface area contributed by atoms with Gasteiger partial charge in [-0.25, -0.2) is 0 Å². The van der Waals surface area contributed by atoms with E-state index in [1.807, 2.05) is 13.8 Å². The number of nitrogens with zero attached hydrogens (tertiary/aromatic N) is 1. The van der Waals surface area contributed by atoms with Crippen molar-refractivity contribution < 1.29 is 14.3 Å². The molecule has 0 radical (unpaired) electrons. The van der Waals surface area contributed by atoms with Crippen LogP contribution in [-0.4, -0.2) is 49.6 Å². The summed E-state index contributed by atoms with van der Waals surface area (Å²) in [5.41, 5.74) is 0. The first-order valence-corrected chi connectivity index (χ1v) is 6.15. The number of likely N-dealkylation sites (tertiary alicyclic amines) is 1. The van der Waals surface area contributed by atoms with Gasteiger partial charge < -0.3 is 15.0 Å². The maximum atomic E-state index is 11.9. The van der Waals surface area contributed by atoms with Crippen molar-refractivity contribution in [1.82, 2.24) is 10.2 Å². The van der Waals surface area contributed by atoms with Crippen molar-refractivity contribution in [3.8, 4) is 0 Å². The molecule has 0 aliphatic carbocycles. The first-order chi connectivity index (χ1) is 8.08. The lowest BCUT2D eigenvalue weighted by Crippen LogP contribution is -2.38. The molecule has 2 amide bonds. The Kier molecular flexibility index (Phi) is 5.41. The van der Waals surface area contributed by atoms with E-state index in [4.69, 9.17) is 4.74 Å². The van der Waals surface area contributed by atoms with Crippen molar-refractivity contribution >= 4 is 11.8 Å². The molecule has 5 heteroatoms. The second-order valence-electron chi connectivity index (χ2n) is 4.55. The minimum Gasteiger partial charge on any atom is -0.383 e. The zero-order valence-electron chi connectivity index (χ0n) is 10.9. The van der Waals surface area contributed by atoms with Gasteiger partial charge in [0.2, 0.25) is 11.8 Å². The monoisotopic (exact) mass is 242 g/mol. The first kappa shape index (κ1) is 14.0. The van der Waals surface area contributed by atoms with Crippen LogP contribution in [0.2, 0.25) is 0 Å². The molecular weight excluding hydrogens is 220 g/mol. The van der Waals surface area contributed by atoms with Crippen LogP contribution in [-0.2, 0) is 14.3 Å². The summed E-state index contributed by atoms with van der Waals surface area (Å²) >= 11 is 0. The number of rotatable bonds is 6. The lowest BCUT2D eigenvalue weighted by molar-refractivity contribution is -0.129. The quantitative estimate of drug-likeness (QED) is 0.733. The summed E-state index contributed by atoms with van der Waals surface area (Å²) in [4.78, 5) is 25.2. The second kappa shape index (κ2) is 6.59. The summed E-state index contributed by atoms with van der Waals surface area (Å²) < 4.78 is 4.94. The largest absolute Gasteiger partial charge is 0.383 e. The van der Waals surface area contributed by atoms with Crippen molar-refractivity contribution in [1.29, 1.82) is 0 Å². The van der Waals surface area contributed by atoms with Gasteiger partial charge in [0.25, 0.3) is 0 Å². The maximum Gasteiger partial charge on any atom is 0.225 e. The SMILES string of the molecule is CC[C@@H](C)NC(=O)[C@@H]1CC(=O)N(CCOC)C1. The normalized spacial score (nSPS) is 21.7. The first-order valence-electron chi connectivity index (χ1n) is 6.15. The Bertz CT molecular complexity index is 281. The van der Waals surface area contributed by atoms with Crippen LogP contribution in [0.15, 0.2) is 0 Å². The van der Waals surface area contributed by atoms with E-state index in [1.165, 1.54) is 0 Å². The summed E-state index contributed by atoms with van der Waals surface area (Å²) in [6.07, 6.45) is 1.23. The average molecular weight is 242 g/mol. The molecule has 0 bridgehead atoms. The van der Waals surface area contributed by atoms with Crippen LogP contribution in [0.25, 0.3) is 0 Å². The molecule has 0 aromatic carbocycles. The van der Waals surface area contributed by atoms with Gasteiger partial charge in [0, 0.05) is 32.7 Å². The lowest BCUT2D eigenvalue weighted by Gasteiger charge is -2.17. The Morgan fingerprint density at radius 1 is 1.65 bits per heavy atom. The Hall–Kier alpha value is -1.10. The fraction of sp³-hybridized carbons (Fsp3) is 0.833. The van der Waals surface area contributed by atoms with Crippen LogP contribution in [0.3, 0.4) is 0 Å². The van der Waals surface area contributed by atoms with Crippen molar-refractivity contribution in [2.45, 2.75) is 32.7 Å². The number of amides is 2. The molecule has 1 N–H and O–H groups in total. The van der Waals surface area contributed by atoms with Gasteiger partial charge in [-0.15, -0.1) is 0 Å². The van der Waals surface area contributed by atoms with E-state index < -0.39 is 0 Å². The van der Waals surface area contributed by atoms with E-state index in [9.17, 15) is 9.59 Å². The fourth-order valence-electron chi connectivity index (χ4n) is 1.83. The minimum atomic E-state index is -0.201. The van der Waals surface area contributed by atoms with Crippen LogP contribution >= 0.6 is 0 Å². The molecular formula is C12H22N2O3. The highest BCUT2D eigenvalue weighted by molar-refractivity contribution is 5.89. The Balaban J connectivity index is 2.42. The number of carbonyl (C=O) groups is 2. The van der Waals surface area contributed by atoms with Gasteiger partial charge >= 0.3 is 0 Å². The molecule has 0 aromatic rings. The molecule has 98 valence electrons. The van der Waals surface area contributed by atoms with Crippen LogP contribution in [0, 0.1) is 5.92 Å². The van der Waals surface area contributed by atoms with Crippen LogP contribution in [0.1, 0.15) is 26.7 Å². The van der Waals surface area contributed by atoms with E-state index in [-0.39, 0.29) is 23.8 Å². The van der Waals surface area contributed by atoms with Gasteiger partial charge in [0.15, 0.2) is 0 Å². The third-order valence-corrected chi connectivity index (χ3v) is 3.15. The third kappa shape index (κ3) is 4.00. The molecule has 1 rings (SSSR count). The van der Waals surface area contributed by atoms with Crippen molar-refractivity contribution in [3.05, 3.63) is 0 Å². The van der Waals surface area contributed by atoms with Crippen molar-refractivity contribution in [2.24, 2.45) is 5.92 Å². The number of carbonyl (C=O) groups excluding carboxylic acids is 2. The topological polar surface area (TPSA) is 58.6 Å². The number of methoxy groups -OCH3 is 1. The van der Waals surface area contributed by atoms with Gasteiger partial charge in [-0.3, -0.25) is 9.59 Å². The molecule has 5 nitrogen and oxygen atoms in total. The molecule has 0 spiro atoms. The molecule has 2 atom stereocenters. The van der Waals surface area contributed by atoms with Gasteiger partial charge in [0.1, 0.15) is 0 Å². The number of hydrogen-bond donors (Lipinski definition) is 1. The molecule has 0 saturated carbocycles. The van der Waals surface area contributed by atoms with Gasteiger partial charge in [-0.2, -0.15) is 0 Å². The molecule has 0 unspecified atom stereocenters. The van der Waals surface area contributed by atoms with Crippen molar-refractivity contribution in [3.63, 3.8) is 0 Å². The number of hydrogen-bond acceptors (Lipinski definition) is 3. The molecule has 1 fully saturated rings. The summed E-state index contributed by atoms with van der Waals surface area (Å²) in [6.45, 7) is 5.60. The average Bonchev–Trinajstić information content (AvgIpc) is 2.68. The Morgan fingerprint density at radius 3 is 2.94 bits per heavy atom. The zero-order valence-corrected chi connectivity index (χ0v) is 10.9. The third-order valence-electron chi connectivity index (χ3n) is 3.15. The molecule has 1 aliphatic rings. The Labute approximate surface area is 102 Å². The lowest BCUT2D eigenvalue weighted by atomic mass is 10.1. The van der Waals surface area contributed by atoms with Crippen LogP contribution < -0.4 is 5.32 Å². The summed E-state index contributed by atoms with van der Waals surface area (Å²) in [7, 11) is 1.60. The molecule has 0 aromatic heterocycles. The van der Waals surface area contributed by atoms with Gasteiger partial charge in [-0.1, -0.05) is 6.92 Å². The fourth-order valence-corrected chi connectivity index (χ4v) is 1.83. The minimum absolute atomic E-state index is 0.00684. The van der Waals surface area contributed by atoms with E-state index in [0.29, 0.717) is 26.1 Å². The zero-order chi connectivity index (χ0) is 12.8. The highest BCUT2D eigenvalue weighted by Crippen LogP contribution is 2.17.